The van der Waals surface area contributed by atoms with Crippen LogP contribution in [0.15, 0.2) is 53.5 Å². The van der Waals surface area contributed by atoms with E-state index in [1.54, 1.807) is 32.2 Å². The molecule has 6 nitrogen and oxygen atoms in total. The third-order valence-corrected chi connectivity index (χ3v) is 6.55. The summed E-state index contributed by atoms with van der Waals surface area (Å²) in [6.07, 6.45) is -0.623. The maximum Gasteiger partial charge on any atom is 0.416 e. The molecular weight excluding hydrogens is 571 g/mol. The first-order chi connectivity index (χ1) is 20.0. The van der Waals surface area contributed by atoms with E-state index in [0.29, 0.717) is 17.9 Å². The van der Waals surface area contributed by atoms with Crippen molar-refractivity contribution < 1.29 is 36.3 Å². The number of aryl methyl sites for hydroxylation is 2. The molecule has 0 aliphatic carbocycles. The van der Waals surface area contributed by atoms with E-state index in [0.717, 1.165) is 18.2 Å². The zero-order valence-electron chi connectivity index (χ0n) is 24.8. The maximum absolute atomic E-state index is 15.1. The summed E-state index contributed by atoms with van der Waals surface area (Å²) < 4.78 is 75.4. The highest BCUT2D eigenvalue weighted by molar-refractivity contribution is 5.88. The van der Waals surface area contributed by atoms with Gasteiger partial charge in [0, 0.05) is 29.5 Å². The molecule has 3 rings (SSSR count). The van der Waals surface area contributed by atoms with Gasteiger partial charge in [-0.1, -0.05) is 26.0 Å². The number of rotatable bonds is 8. The molecule has 0 saturated heterocycles. The van der Waals surface area contributed by atoms with Crippen molar-refractivity contribution in [3.63, 3.8) is 0 Å². The zero-order chi connectivity index (χ0) is 32.6. The van der Waals surface area contributed by atoms with Gasteiger partial charge in [0.05, 0.1) is 12.2 Å². The van der Waals surface area contributed by atoms with E-state index in [1.807, 2.05) is 13.8 Å². The Bertz CT molecular complexity index is 1560. The molecule has 3 aromatic rings. The number of nitrogens with two attached hydrogens (primary N) is 1. The maximum atomic E-state index is 15.1. The van der Waals surface area contributed by atoms with Gasteiger partial charge in [0.25, 0.3) is 5.56 Å². The monoisotopic (exact) mass is 606 g/mol. The van der Waals surface area contributed by atoms with E-state index >= 15 is 4.39 Å². The number of esters is 1. The van der Waals surface area contributed by atoms with E-state index in [-0.39, 0.29) is 34.4 Å². The minimum atomic E-state index is -4.61. The summed E-state index contributed by atoms with van der Waals surface area (Å²) in [7, 11) is 0. The van der Waals surface area contributed by atoms with Crippen molar-refractivity contribution >= 4 is 18.0 Å². The first-order valence-electron chi connectivity index (χ1n) is 13.5. The molecule has 232 valence electrons. The number of pyridine rings is 1. The highest BCUT2D eigenvalue weighted by Crippen LogP contribution is 2.40. The number of alkyl halides is 3. The van der Waals surface area contributed by atoms with Crippen LogP contribution in [0.4, 0.5) is 22.0 Å². The lowest BCUT2D eigenvalue weighted by atomic mass is 9.89. The van der Waals surface area contributed by atoms with Crippen molar-refractivity contribution in [1.82, 2.24) is 4.57 Å². The fourth-order valence-electron chi connectivity index (χ4n) is 4.55. The van der Waals surface area contributed by atoms with Crippen LogP contribution in [0.5, 0.6) is 0 Å². The van der Waals surface area contributed by atoms with Gasteiger partial charge >= 0.3 is 12.1 Å². The number of amides is 1. The number of primary amides is 1. The molecule has 1 amide bonds. The molecule has 2 aromatic carbocycles. The van der Waals surface area contributed by atoms with Crippen LogP contribution >= 0.6 is 0 Å². The highest BCUT2D eigenvalue weighted by Gasteiger charge is 2.34. The molecule has 1 atom stereocenters. The van der Waals surface area contributed by atoms with Crippen LogP contribution in [0, 0.1) is 38.3 Å². The Hall–Kier alpha value is -4.28. The summed E-state index contributed by atoms with van der Waals surface area (Å²) >= 11 is 0. The SMILES string of the molecule is CC(C)CC(C(N)=O)n1ccccc1=O.CCOC(=O)/C=C\c1c(F)c(C)cc(-c2c(C)ccc(C(F)(F)F)c2C)c1F. The Labute approximate surface area is 247 Å². The second-order valence-corrected chi connectivity index (χ2v) is 10.3. The van der Waals surface area contributed by atoms with Crippen LogP contribution < -0.4 is 11.3 Å². The second kappa shape index (κ2) is 14.8. The van der Waals surface area contributed by atoms with Crippen molar-refractivity contribution in [3.8, 4) is 11.1 Å². The topological polar surface area (TPSA) is 91.4 Å². The molecule has 2 N–H and O–H groups in total. The molecule has 43 heavy (non-hydrogen) atoms. The van der Waals surface area contributed by atoms with Gasteiger partial charge in [-0.25, -0.2) is 13.6 Å². The summed E-state index contributed by atoms with van der Waals surface area (Å²) in [5.41, 5.74) is 3.86. The Morgan fingerprint density at radius 2 is 1.67 bits per heavy atom. The lowest BCUT2D eigenvalue weighted by molar-refractivity contribution is -0.138. The van der Waals surface area contributed by atoms with Crippen LogP contribution in [0.3, 0.4) is 0 Å². The minimum absolute atomic E-state index is 0.0381. The standard InChI is InChI=1S/C21H19F5O2.C11H16N2O2/c1-5-28-17(27)9-7-14-19(22)12(3)10-15(20(14)23)18-11(2)6-8-16(13(18)4)21(24,25)26;1-8(2)7-9(11(12)15)13-6-4-3-5-10(13)14/h6-10H,5H2,1-4H3;3-6,8-9H,7H2,1-2H3,(H2,12,15)/b9-7-;. The number of carbonyl (C=O) groups is 2. The molecule has 0 radical (unpaired) electrons. The Morgan fingerprint density at radius 3 is 2.21 bits per heavy atom. The molecule has 1 unspecified atom stereocenters. The van der Waals surface area contributed by atoms with Crippen molar-refractivity contribution in [1.29, 1.82) is 0 Å². The second-order valence-electron chi connectivity index (χ2n) is 10.3. The normalized spacial score (nSPS) is 12.2. The number of carbonyl (C=O) groups excluding carboxylic acids is 2. The molecule has 0 saturated carbocycles. The molecule has 0 spiro atoms. The summed E-state index contributed by atoms with van der Waals surface area (Å²) in [4.78, 5) is 34.2. The number of aromatic nitrogens is 1. The molecule has 0 aliphatic heterocycles. The molecule has 0 bridgehead atoms. The van der Waals surface area contributed by atoms with Crippen molar-refractivity contribution in [2.75, 3.05) is 6.61 Å². The third-order valence-electron chi connectivity index (χ3n) is 6.55. The largest absolute Gasteiger partial charge is 0.463 e. The number of hydrogen-bond donors (Lipinski definition) is 1. The van der Waals surface area contributed by atoms with Crippen molar-refractivity contribution in [2.24, 2.45) is 11.7 Å². The Kier molecular flexibility index (Phi) is 12.0. The van der Waals surface area contributed by atoms with Crippen LogP contribution in [0.25, 0.3) is 17.2 Å². The van der Waals surface area contributed by atoms with Crippen LogP contribution in [0.2, 0.25) is 0 Å². The predicted molar refractivity (Wildman–Crippen MR) is 155 cm³/mol. The molecule has 11 heteroatoms. The van der Waals surface area contributed by atoms with Crippen LogP contribution in [-0.2, 0) is 20.5 Å². The molecule has 0 fully saturated rings. The highest BCUT2D eigenvalue weighted by atomic mass is 19.4. The quantitative estimate of drug-likeness (QED) is 0.169. The summed E-state index contributed by atoms with van der Waals surface area (Å²) in [5.74, 6) is -2.87. The number of benzene rings is 2. The molecule has 0 aliphatic rings. The fraction of sp³-hybridized carbons (Fsp3) is 0.344. The lowest BCUT2D eigenvalue weighted by Crippen LogP contribution is -2.33. The van der Waals surface area contributed by atoms with Gasteiger partial charge in [-0.05, 0) is 86.6 Å². The minimum Gasteiger partial charge on any atom is -0.463 e. The van der Waals surface area contributed by atoms with Crippen LogP contribution in [0.1, 0.15) is 61.1 Å². The van der Waals surface area contributed by atoms with Gasteiger partial charge in [-0.2, -0.15) is 13.2 Å². The summed E-state index contributed by atoms with van der Waals surface area (Å²) in [6, 6.07) is 7.60. The predicted octanol–water partition coefficient (Wildman–Crippen LogP) is 7.07. The number of halogens is 5. The lowest BCUT2D eigenvalue weighted by Gasteiger charge is -2.18. The molecule has 1 aromatic heterocycles. The Morgan fingerprint density at radius 1 is 1.02 bits per heavy atom. The van der Waals surface area contributed by atoms with Gasteiger partial charge in [-0.15, -0.1) is 0 Å². The van der Waals surface area contributed by atoms with Crippen LogP contribution in [-0.4, -0.2) is 23.1 Å². The number of nitrogens with zero attached hydrogens (tertiary/aromatic N) is 1. The van der Waals surface area contributed by atoms with Gasteiger partial charge in [-0.3, -0.25) is 9.59 Å². The fourth-order valence-corrected chi connectivity index (χ4v) is 4.55. The molecular formula is C32H35F5N2O4. The van der Waals surface area contributed by atoms with Gasteiger partial charge in [0.15, 0.2) is 0 Å². The number of ether oxygens (including phenoxy) is 1. The molecule has 1 heterocycles. The van der Waals surface area contributed by atoms with E-state index < -0.39 is 46.9 Å². The van der Waals surface area contributed by atoms with Gasteiger partial charge in [0.1, 0.15) is 17.7 Å². The zero-order valence-corrected chi connectivity index (χ0v) is 24.8. The van der Waals surface area contributed by atoms with Crippen molar-refractivity contribution in [2.45, 2.75) is 60.2 Å². The Balaban J connectivity index is 0.000000362. The van der Waals surface area contributed by atoms with Gasteiger partial charge < -0.3 is 15.0 Å². The van der Waals surface area contributed by atoms with E-state index in [2.05, 4.69) is 4.74 Å². The van der Waals surface area contributed by atoms with Crippen molar-refractivity contribution in [3.05, 3.63) is 98.5 Å². The van der Waals surface area contributed by atoms with Gasteiger partial charge in [0.2, 0.25) is 5.91 Å². The average Bonchev–Trinajstić information content (AvgIpc) is 2.90. The first-order valence-corrected chi connectivity index (χ1v) is 13.5. The summed E-state index contributed by atoms with van der Waals surface area (Å²) in [5, 5.41) is 0. The first kappa shape index (κ1) is 34.9. The number of hydrogen-bond acceptors (Lipinski definition) is 4. The van der Waals surface area contributed by atoms with E-state index in [4.69, 9.17) is 5.73 Å². The summed E-state index contributed by atoms with van der Waals surface area (Å²) in [6.45, 7) is 9.82. The average molecular weight is 607 g/mol. The van der Waals surface area contributed by atoms with E-state index in [9.17, 15) is 31.9 Å². The smallest absolute Gasteiger partial charge is 0.416 e. The third kappa shape index (κ3) is 8.86. The van der Waals surface area contributed by atoms with E-state index in [1.165, 1.54) is 36.6 Å².